The fraction of sp³-hybridized carbons (Fsp3) is 0.286. The monoisotopic (exact) mass is 460 g/mol. The molecule has 0 aromatic heterocycles. The second-order valence-corrected chi connectivity index (χ2v) is 8.66. The van der Waals surface area contributed by atoms with Gasteiger partial charge < -0.3 is 21.1 Å². The molecule has 1 atom stereocenters. The maximum Gasteiger partial charge on any atom is 0.414 e. The summed E-state index contributed by atoms with van der Waals surface area (Å²) in [7, 11) is 0. The molecule has 0 spiro atoms. The van der Waals surface area contributed by atoms with Crippen molar-refractivity contribution >= 4 is 58.3 Å². The average molecular weight is 461 g/mol. The van der Waals surface area contributed by atoms with Crippen LogP contribution in [0.3, 0.4) is 0 Å². The summed E-state index contributed by atoms with van der Waals surface area (Å²) in [6.07, 6.45) is 0.538. The van der Waals surface area contributed by atoms with Gasteiger partial charge in [-0.3, -0.25) is 14.5 Å². The molecule has 2 heterocycles. The molecule has 0 saturated carbocycles. The molecule has 8 nitrogen and oxygen atoms in total. The lowest BCUT2D eigenvalue weighted by atomic mass is 10.1. The zero-order chi connectivity index (χ0) is 22.0. The highest BCUT2D eigenvalue weighted by molar-refractivity contribution is 8.00. The number of carbonyl (C=O) groups is 3. The highest BCUT2D eigenvalue weighted by Gasteiger charge is 2.32. The molecule has 0 bridgehead atoms. The SMILES string of the molecule is Nc1c(Cl)cccc1C(=O)NCCC[C@H]1CN(c2ccc3c(c2)NC(=O)CS3)C(=O)O1. The van der Waals surface area contributed by atoms with Crippen LogP contribution in [0.4, 0.5) is 21.9 Å². The number of thioether (sulfide) groups is 1. The standard InChI is InChI=1S/C21H21ClN4O4S/c22-15-5-1-4-14(19(15)23)20(28)24-8-2-3-13-10-26(21(29)30-13)12-6-7-17-16(9-12)25-18(27)11-31-17/h1,4-7,9,13H,2-3,8,10-11,23H2,(H,24,28)(H,25,27)/t13-/m0/s1. The van der Waals surface area contributed by atoms with E-state index in [1.807, 2.05) is 12.1 Å². The zero-order valence-corrected chi connectivity index (χ0v) is 18.1. The van der Waals surface area contributed by atoms with Crippen molar-refractivity contribution in [2.24, 2.45) is 0 Å². The van der Waals surface area contributed by atoms with E-state index in [-0.39, 0.29) is 23.6 Å². The lowest BCUT2D eigenvalue weighted by Crippen LogP contribution is -2.27. The van der Waals surface area contributed by atoms with Crippen molar-refractivity contribution < 1.29 is 19.1 Å². The number of ether oxygens (including phenoxy) is 1. The number of nitrogens with two attached hydrogens (primary N) is 1. The minimum absolute atomic E-state index is 0.0573. The number of halogens is 1. The van der Waals surface area contributed by atoms with E-state index in [1.165, 1.54) is 11.8 Å². The van der Waals surface area contributed by atoms with Gasteiger partial charge in [0, 0.05) is 17.1 Å². The topological polar surface area (TPSA) is 114 Å². The van der Waals surface area contributed by atoms with Crippen molar-refractivity contribution in [3.8, 4) is 0 Å². The number of cyclic esters (lactones) is 1. The summed E-state index contributed by atoms with van der Waals surface area (Å²) in [5.41, 5.74) is 7.82. The molecule has 2 aliphatic rings. The Kier molecular flexibility index (Phi) is 6.24. The molecule has 162 valence electrons. The van der Waals surface area contributed by atoms with Crippen LogP contribution >= 0.6 is 23.4 Å². The number of anilines is 3. The molecule has 2 aliphatic heterocycles. The van der Waals surface area contributed by atoms with E-state index in [0.29, 0.717) is 53.6 Å². The number of nitrogens with zero attached hydrogens (tertiary/aromatic N) is 1. The van der Waals surface area contributed by atoms with E-state index < -0.39 is 6.09 Å². The number of fused-ring (bicyclic) bond motifs is 1. The van der Waals surface area contributed by atoms with E-state index in [9.17, 15) is 14.4 Å². The molecule has 2 aromatic rings. The van der Waals surface area contributed by atoms with Crippen LogP contribution in [0.5, 0.6) is 0 Å². The second-order valence-electron chi connectivity index (χ2n) is 7.23. The molecular weight excluding hydrogens is 440 g/mol. The van der Waals surface area contributed by atoms with Crippen LogP contribution in [0, 0.1) is 0 Å². The van der Waals surface area contributed by atoms with Gasteiger partial charge >= 0.3 is 6.09 Å². The molecule has 1 fully saturated rings. The van der Waals surface area contributed by atoms with Crippen LogP contribution < -0.4 is 21.3 Å². The lowest BCUT2D eigenvalue weighted by Gasteiger charge is -2.20. The number of nitrogen functional groups attached to an aromatic ring is 1. The molecular formula is C21H21ClN4O4S. The number of nitrogens with one attached hydrogen (secondary N) is 2. The number of rotatable bonds is 6. The van der Waals surface area contributed by atoms with Crippen LogP contribution in [-0.2, 0) is 9.53 Å². The van der Waals surface area contributed by atoms with Gasteiger partial charge in [-0.1, -0.05) is 17.7 Å². The van der Waals surface area contributed by atoms with Crippen molar-refractivity contribution in [1.29, 1.82) is 0 Å². The van der Waals surface area contributed by atoms with Gasteiger partial charge in [0.2, 0.25) is 5.91 Å². The Labute approximate surface area is 188 Å². The molecule has 0 aliphatic carbocycles. The molecule has 10 heteroatoms. The molecule has 2 aromatic carbocycles. The second kappa shape index (κ2) is 9.07. The first-order chi connectivity index (χ1) is 14.9. The Morgan fingerprint density at radius 2 is 2.16 bits per heavy atom. The Balaban J connectivity index is 1.28. The molecule has 4 rings (SSSR count). The Morgan fingerprint density at radius 1 is 1.32 bits per heavy atom. The molecule has 0 unspecified atom stereocenters. The predicted molar refractivity (Wildman–Crippen MR) is 121 cm³/mol. The summed E-state index contributed by atoms with van der Waals surface area (Å²) in [5, 5.41) is 5.98. The summed E-state index contributed by atoms with van der Waals surface area (Å²) in [5.74, 6) is 0.0396. The number of amides is 3. The quantitative estimate of drug-likeness (QED) is 0.449. The van der Waals surface area contributed by atoms with Crippen LogP contribution in [0.1, 0.15) is 23.2 Å². The number of para-hydroxylation sites is 1. The minimum atomic E-state index is -0.421. The van der Waals surface area contributed by atoms with E-state index in [1.54, 1.807) is 29.2 Å². The number of benzene rings is 2. The smallest absolute Gasteiger partial charge is 0.414 e. The first kappa shape index (κ1) is 21.3. The van der Waals surface area contributed by atoms with E-state index in [2.05, 4.69) is 10.6 Å². The van der Waals surface area contributed by atoms with Crippen LogP contribution in [-0.4, -0.2) is 42.9 Å². The summed E-state index contributed by atoms with van der Waals surface area (Å²) in [6.45, 7) is 0.828. The van der Waals surface area contributed by atoms with Crippen molar-refractivity contribution in [2.75, 3.05) is 34.8 Å². The molecule has 4 N–H and O–H groups in total. The van der Waals surface area contributed by atoms with Gasteiger partial charge in [0.25, 0.3) is 5.91 Å². The summed E-state index contributed by atoms with van der Waals surface area (Å²) in [6, 6.07) is 10.5. The van der Waals surface area contributed by atoms with Crippen LogP contribution in [0.2, 0.25) is 5.02 Å². The third-order valence-electron chi connectivity index (χ3n) is 5.07. The summed E-state index contributed by atoms with van der Waals surface area (Å²) >= 11 is 7.42. The van der Waals surface area contributed by atoms with Crippen molar-refractivity contribution in [1.82, 2.24) is 5.32 Å². The van der Waals surface area contributed by atoms with E-state index in [4.69, 9.17) is 22.1 Å². The Bertz CT molecular complexity index is 1050. The maximum atomic E-state index is 12.3. The summed E-state index contributed by atoms with van der Waals surface area (Å²) < 4.78 is 5.46. The van der Waals surface area contributed by atoms with Gasteiger partial charge in [0.1, 0.15) is 6.10 Å². The fourth-order valence-electron chi connectivity index (χ4n) is 3.48. The summed E-state index contributed by atoms with van der Waals surface area (Å²) in [4.78, 5) is 38.7. The predicted octanol–water partition coefficient (Wildman–Crippen LogP) is 3.50. The largest absolute Gasteiger partial charge is 0.444 e. The minimum Gasteiger partial charge on any atom is -0.444 e. The van der Waals surface area contributed by atoms with Crippen molar-refractivity contribution in [3.63, 3.8) is 0 Å². The maximum absolute atomic E-state index is 12.3. The van der Waals surface area contributed by atoms with E-state index in [0.717, 1.165) is 4.90 Å². The van der Waals surface area contributed by atoms with Gasteiger partial charge in [-0.05, 0) is 43.2 Å². The molecule has 0 radical (unpaired) electrons. The Hall–Kier alpha value is -2.91. The number of hydrogen-bond donors (Lipinski definition) is 3. The molecule has 1 saturated heterocycles. The highest BCUT2D eigenvalue weighted by Crippen LogP contribution is 2.35. The average Bonchev–Trinajstić information content (AvgIpc) is 3.13. The Morgan fingerprint density at radius 3 is 3.00 bits per heavy atom. The van der Waals surface area contributed by atoms with Gasteiger partial charge in [-0.25, -0.2) is 4.79 Å². The third kappa shape index (κ3) is 4.72. The number of carbonyl (C=O) groups excluding carboxylic acids is 3. The van der Waals surface area contributed by atoms with Gasteiger partial charge in [-0.15, -0.1) is 11.8 Å². The number of hydrogen-bond acceptors (Lipinski definition) is 6. The van der Waals surface area contributed by atoms with Gasteiger partial charge in [-0.2, -0.15) is 0 Å². The van der Waals surface area contributed by atoms with Gasteiger partial charge in [0.15, 0.2) is 0 Å². The zero-order valence-electron chi connectivity index (χ0n) is 16.5. The van der Waals surface area contributed by atoms with E-state index >= 15 is 0 Å². The lowest BCUT2D eigenvalue weighted by molar-refractivity contribution is -0.113. The normalized spacial score (nSPS) is 17.7. The fourth-order valence-corrected chi connectivity index (χ4v) is 4.45. The van der Waals surface area contributed by atoms with Crippen molar-refractivity contribution in [3.05, 3.63) is 47.0 Å². The first-order valence-electron chi connectivity index (χ1n) is 9.79. The third-order valence-corrected chi connectivity index (χ3v) is 6.47. The van der Waals surface area contributed by atoms with Crippen molar-refractivity contribution in [2.45, 2.75) is 23.8 Å². The van der Waals surface area contributed by atoms with Crippen LogP contribution in [0.15, 0.2) is 41.3 Å². The van der Waals surface area contributed by atoms with Crippen LogP contribution in [0.25, 0.3) is 0 Å². The highest BCUT2D eigenvalue weighted by atomic mass is 35.5. The molecule has 31 heavy (non-hydrogen) atoms. The van der Waals surface area contributed by atoms with Gasteiger partial charge in [0.05, 0.1) is 34.3 Å². The molecule has 3 amide bonds. The first-order valence-corrected chi connectivity index (χ1v) is 11.2.